The van der Waals surface area contributed by atoms with Crippen LogP contribution in [0.3, 0.4) is 0 Å². The van der Waals surface area contributed by atoms with Gasteiger partial charge in [0, 0.05) is 45.0 Å². The lowest BCUT2D eigenvalue weighted by atomic mass is 9.73. The summed E-state index contributed by atoms with van der Waals surface area (Å²) in [4.78, 5) is 37.6. The van der Waals surface area contributed by atoms with Crippen LogP contribution in [-0.2, 0) is 32.8 Å². The number of halogens is 4. The maximum absolute atomic E-state index is 16.3. The van der Waals surface area contributed by atoms with Crippen molar-refractivity contribution in [3.63, 3.8) is 0 Å². The van der Waals surface area contributed by atoms with Crippen LogP contribution in [-0.4, -0.2) is 90.4 Å². The normalized spacial score (nSPS) is 17.0. The lowest BCUT2D eigenvalue weighted by Crippen LogP contribution is -2.68. The van der Waals surface area contributed by atoms with E-state index in [-0.39, 0.29) is 31.7 Å². The van der Waals surface area contributed by atoms with Crippen LogP contribution in [0.4, 0.5) is 4.79 Å². The molecule has 2 heterocycles. The van der Waals surface area contributed by atoms with Gasteiger partial charge in [0.1, 0.15) is 24.6 Å². The maximum Gasteiger partial charge on any atom is 0.411 e. The largest absolute Gasteiger partial charge is 0.490 e. The molecule has 1 aliphatic carbocycles. The molecule has 2 atom stereocenters. The second-order valence-electron chi connectivity index (χ2n) is 20.5. The number of hydrogen-bond acceptors (Lipinski definition) is 7. The summed E-state index contributed by atoms with van der Waals surface area (Å²) in [5, 5.41) is 1.73. The van der Waals surface area contributed by atoms with Gasteiger partial charge in [-0.25, -0.2) is 4.79 Å². The number of fused-ring (bicyclic) bond motifs is 2. The van der Waals surface area contributed by atoms with Crippen molar-refractivity contribution >= 4 is 64.0 Å². The number of carbonyl (C=O) groups is 2. The van der Waals surface area contributed by atoms with E-state index in [9.17, 15) is 0 Å². The second kappa shape index (κ2) is 23.2. The molecule has 0 N–H and O–H groups in total. The predicted octanol–water partition coefficient (Wildman–Crippen LogP) is 14.3. The first-order valence-corrected chi connectivity index (χ1v) is 26.9. The number of carbonyl (C=O) groups excluding carboxylic acids is 2. The number of hydrogen-bond donors (Lipinski definition) is 0. The number of aryl methyl sites for hydroxylation is 2. The van der Waals surface area contributed by atoms with E-state index in [1.807, 2.05) is 98.2 Å². The van der Waals surface area contributed by atoms with Crippen molar-refractivity contribution in [2.45, 2.75) is 95.6 Å². The van der Waals surface area contributed by atoms with Gasteiger partial charge in [-0.3, -0.25) is 14.6 Å². The van der Waals surface area contributed by atoms with Crippen LogP contribution in [0.1, 0.15) is 85.4 Å². The molecule has 1 saturated carbocycles. The third kappa shape index (κ3) is 11.6. The third-order valence-corrected chi connectivity index (χ3v) is 15.4. The number of methoxy groups -OCH3 is 1. The topological polar surface area (TPSA) is 80.8 Å². The molecule has 6 aromatic rings. The van der Waals surface area contributed by atoms with E-state index in [1.165, 1.54) is 0 Å². The Morgan fingerprint density at radius 3 is 1.84 bits per heavy atom. The van der Waals surface area contributed by atoms with Gasteiger partial charge in [0.2, 0.25) is 0 Å². The average molecular weight is 1080 g/mol. The maximum atomic E-state index is 16.3. The Morgan fingerprint density at radius 2 is 1.28 bits per heavy atom. The van der Waals surface area contributed by atoms with Crippen molar-refractivity contribution in [3.05, 3.63) is 204 Å². The van der Waals surface area contributed by atoms with Crippen molar-refractivity contribution in [2.24, 2.45) is 0 Å². The minimum absolute atomic E-state index is 0.0460. The molecule has 0 aromatic heterocycles. The molecule has 2 amide bonds. The molecule has 6 aromatic carbocycles. The summed E-state index contributed by atoms with van der Waals surface area (Å²) >= 11 is 26.8. The standard InChI is InChI=1S/C61H63Cl4N3O6/c1-40-32-52(63)57(53(64)33-40)73-31-30-72-49-27-23-42(24-28-49)50-36-48-38-66(61(44-17-9-6-10-18-44,45-19-11-7-12-20-45)46-21-13-8-14-22-46)39-54(68(48)59(70)74-60(2,3)4)55(50)58(69)67(47-25-26-47)37-43-34-41(16-15-29-71-5)35-51(62)56(43)65/h6-14,17-24,27-28,32-35,47-48,54H,15-16,25-26,29-31,36-39H2,1-5H3. The Balaban J connectivity index is 1.16. The Labute approximate surface area is 455 Å². The molecule has 2 fully saturated rings. The van der Waals surface area contributed by atoms with Crippen LogP contribution in [0.5, 0.6) is 11.5 Å². The SMILES string of the molecule is COCCCc1cc(Cl)c(Cl)c(CN(C(=O)C2=C(c3ccc(OCCOc4c(Cl)cc(C)cc4Cl)cc3)CC3CN(C(c4ccccc4)(c4ccccc4)c4ccccc4)CC2N3C(=O)OC(C)(C)C)C2CC2)c1. The highest BCUT2D eigenvalue weighted by Gasteiger charge is 2.54. The second-order valence-corrected chi connectivity index (χ2v) is 22.1. The molecule has 1 saturated heterocycles. The van der Waals surface area contributed by atoms with Crippen LogP contribution in [0.15, 0.2) is 145 Å². The van der Waals surface area contributed by atoms with E-state index in [1.54, 1.807) is 7.11 Å². The summed E-state index contributed by atoms with van der Waals surface area (Å²) in [6.07, 6.45) is 3.12. The average Bonchev–Trinajstić information content (AvgIpc) is 4.24. The molecule has 2 aliphatic heterocycles. The quantitative estimate of drug-likeness (QED) is 0.0626. The molecule has 9 rings (SSSR count). The Bertz CT molecular complexity index is 2840. The van der Waals surface area contributed by atoms with Crippen LogP contribution >= 0.6 is 46.4 Å². The molecule has 74 heavy (non-hydrogen) atoms. The highest BCUT2D eigenvalue weighted by molar-refractivity contribution is 6.42. The number of amides is 2. The minimum Gasteiger partial charge on any atom is -0.490 e. The van der Waals surface area contributed by atoms with Gasteiger partial charge < -0.3 is 23.8 Å². The lowest BCUT2D eigenvalue weighted by molar-refractivity contribution is -0.130. The van der Waals surface area contributed by atoms with Gasteiger partial charge >= 0.3 is 6.09 Å². The molecule has 2 unspecified atom stereocenters. The number of ether oxygens (including phenoxy) is 4. The molecular weight excluding hydrogens is 1010 g/mol. The van der Waals surface area contributed by atoms with Crippen molar-refractivity contribution in [1.29, 1.82) is 0 Å². The lowest BCUT2D eigenvalue weighted by Gasteiger charge is -2.56. The first kappa shape index (κ1) is 53.3. The van der Waals surface area contributed by atoms with Gasteiger partial charge in [0.05, 0.1) is 37.7 Å². The zero-order valence-electron chi connectivity index (χ0n) is 42.6. The van der Waals surface area contributed by atoms with E-state index < -0.39 is 29.3 Å². The van der Waals surface area contributed by atoms with Crippen LogP contribution in [0, 0.1) is 6.92 Å². The van der Waals surface area contributed by atoms with Gasteiger partial charge in [-0.2, -0.15) is 0 Å². The first-order chi connectivity index (χ1) is 35.7. The minimum atomic E-state index is -0.825. The Hall–Kier alpha value is -5.52. The van der Waals surface area contributed by atoms with E-state index in [4.69, 9.17) is 65.4 Å². The van der Waals surface area contributed by atoms with Crippen LogP contribution in [0.25, 0.3) is 5.57 Å². The summed E-state index contributed by atoms with van der Waals surface area (Å²) in [6.45, 7) is 9.62. The molecule has 9 nitrogen and oxygen atoms in total. The molecule has 2 bridgehead atoms. The fourth-order valence-electron chi connectivity index (χ4n) is 10.8. The van der Waals surface area contributed by atoms with Gasteiger partial charge in [0.15, 0.2) is 5.75 Å². The predicted molar refractivity (Wildman–Crippen MR) is 297 cm³/mol. The summed E-state index contributed by atoms with van der Waals surface area (Å²) in [7, 11) is 1.69. The summed E-state index contributed by atoms with van der Waals surface area (Å²) in [6, 6.07) is 45.9. The van der Waals surface area contributed by atoms with Gasteiger partial charge in [-0.15, -0.1) is 0 Å². The third-order valence-electron chi connectivity index (χ3n) is 14.0. The molecule has 0 spiro atoms. The number of nitrogens with zero attached hydrogens (tertiary/aromatic N) is 3. The molecular formula is C61H63Cl4N3O6. The van der Waals surface area contributed by atoms with Gasteiger partial charge in [0.25, 0.3) is 5.91 Å². The van der Waals surface area contributed by atoms with Crippen molar-refractivity contribution in [2.75, 3.05) is 40.0 Å². The van der Waals surface area contributed by atoms with E-state index in [0.717, 1.165) is 70.2 Å². The van der Waals surface area contributed by atoms with Crippen LogP contribution in [0.2, 0.25) is 20.1 Å². The zero-order valence-corrected chi connectivity index (χ0v) is 45.6. The summed E-state index contributed by atoms with van der Waals surface area (Å²) in [5.41, 5.74) is 6.58. The molecule has 13 heteroatoms. The Morgan fingerprint density at radius 1 is 0.703 bits per heavy atom. The molecule has 3 aliphatic rings. The molecule has 0 radical (unpaired) electrons. The van der Waals surface area contributed by atoms with Crippen LogP contribution < -0.4 is 9.47 Å². The summed E-state index contributed by atoms with van der Waals surface area (Å²) < 4.78 is 23.8. The number of benzene rings is 6. The van der Waals surface area contributed by atoms with E-state index in [2.05, 4.69) is 83.8 Å². The first-order valence-electron chi connectivity index (χ1n) is 25.4. The Kier molecular flexibility index (Phi) is 16.7. The molecule has 386 valence electrons. The van der Waals surface area contributed by atoms with E-state index >= 15 is 9.59 Å². The monoisotopic (exact) mass is 1070 g/mol. The fourth-order valence-corrected chi connectivity index (χ4v) is 11.9. The highest BCUT2D eigenvalue weighted by atomic mass is 35.5. The van der Waals surface area contributed by atoms with Crippen molar-refractivity contribution in [3.8, 4) is 11.5 Å². The van der Waals surface area contributed by atoms with Gasteiger partial charge in [-0.1, -0.05) is 156 Å². The number of piperazine rings is 1. The highest BCUT2D eigenvalue weighted by Crippen LogP contribution is 2.49. The fraction of sp³-hybridized carbons (Fsp3) is 0.344. The smallest absolute Gasteiger partial charge is 0.411 e. The van der Waals surface area contributed by atoms with Crippen molar-refractivity contribution in [1.82, 2.24) is 14.7 Å². The number of rotatable bonds is 18. The zero-order chi connectivity index (χ0) is 52.1. The summed E-state index contributed by atoms with van der Waals surface area (Å²) in [5.74, 6) is 0.881. The van der Waals surface area contributed by atoms with Gasteiger partial charge in [-0.05, 0) is 135 Å². The van der Waals surface area contributed by atoms with E-state index in [0.29, 0.717) is 63.3 Å². The van der Waals surface area contributed by atoms with Crippen molar-refractivity contribution < 1.29 is 28.5 Å².